The van der Waals surface area contributed by atoms with E-state index in [2.05, 4.69) is 15.2 Å². The standard InChI is InChI=1S/C21H22ClN5O3/c22-16-9-8-15(14-19(16)27(29)30)20(28)24-21-23-17-6-2-3-7-18(17)26(21)13-12-25-10-4-1-5-11-25/h2-3,6-9,14H,1,4-5,10-13H2,(H,23,24,28). The van der Waals surface area contributed by atoms with Crippen LogP contribution in [0.5, 0.6) is 0 Å². The van der Waals surface area contributed by atoms with Crippen molar-refractivity contribution in [3.63, 3.8) is 0 Å². The number of anilines is 1. The summed E-state index contributed by atoms with van der Waals surface area (Å²) in [4.78, 5) is 30.3. The van der Waals surface area contributed by atoms with Gasteiger partial charge in [-0.15, -0.1) is 0 Å². The Morgan fingerprint density at radius 2 is 1.90 bits per heavy atom. The molecule has 1 fully saturated rings. The van der Waals surface area contributed by atoms with Gasteiger partial charge in [0.15, 0.2) is 0 Å². The third kappa shape index (κ3) is 4.29. The molecule has 8 nitrogen and oxygen atoms in total. The van der Waals surface area contributed by atoms with Gasteiger partial charge in [-0.05, 0) is 50.2 Å². The molecule has 0 bridgehead atoms. The third-order valence-electron chi connectivity index (χ3n) is 5.37. The Labute approximate surface area is 178 Å². The number of likely N-dealkylation sites (tertiary alicyclic amines) is 1. The molecule has 156 valence electrons. The van der Waals surface area contributed by atoms with Crippen LogP contribution in [0.1, 0.15) is 29.6 Å². The first-order valence-corrected chi connectivity index (χ1v) is 10.3. The molecule has 1 amide bonds. The molecule has 0 aliphatic carbocycles. The fourth-order valence-electron chi connectivity index (χ4n) is 3.79. The fraction of sp³-hybridized carbons (Fsp3) is 0.333. The van der Waals surface area contributed by atoms with Crippen molar-refractivity contribution in [1.82, 2.24) is 14.5 Å². The molecule has 1 aliphatic heterocycles. The van der Waals surface area contributed by atoms with Crippen molar-refractivity contribution in [2.75, 3.05) is 25.0 Å². The van der Waals surface area contributed by atoms with Crippen molar-refractivity contribution >= 4 is 40.2 Å². The number of aromatic nitrogens is 2. The zero-order chi connectivity index (χ0) is 21.1. The van der Waals surface area contributed by atoms with E-state index in [0.29, 0.717) is 12.5 Å². The van der Waals surface area contributed by atoms with E-state index in [1.54, 1.807) is 0 Å². The molecule has 1 aliphatic rings. The summed E-state index contributed by atoms with van der Waals surface area (Å²) in [6, 6.07) is 11.7. The summed E-state index contributed by atoms with van der Waals surface area (Å²) in [6.45, 7) is 3.73. The Morgan fingerprint density at radius 3 is 2.67 bits per heavy atom. The maximum atomic E-state index is 12.8. The number of halogens is 1. The van der Waals surface area contributed by atoms with Crippen LogP contribution >= 0.6 is 11.6 Å². The molecule has 0 unspecified atom stereocenters. The van der Waals surface area contributed by atoms with Crippen molar-refractivity contribution in [3.05, 3.63) is 63.2 Å². The van der Waals surface area contributed by atoms with Crippen LogP contribution in [0.3, 0.4) is 0 Å². The van der Waals surface area contributed by atoms with Crippen LogP contribution in [0, 0.1) is 10.1 Å². The third-order valence-corrected chi connectivity index (χ3v) is 5.69. The Morgan fingerprint density at radius 1 is 1.13 bits per heavy atom. The van der Waals surface area contributed by atoms with E-state index in [0.717, 1.165) is 30.7 Å². The van der Waals surface area contributed by atoms with Crippen LogP contribution in [0.15, 0.2) is 42.5 Å². The lowest BCUT2D eigenvalue weighted by atomic mass is 10.1. The summed E-state index contributed by atoms with van der Waals surface area (Å²) in [5.41, 5.74) is 1.57. The summed E-state index contributed by atoms with van der Waals surface area (Å²) in [5, 5.41) is 13.9. The largest absolute Gasteiger partial charge is 0.309 e. The van der Waals surface area contributed by atoms with E-state index in [4.69, 9.17) is 11.6 Å². The number of nitro groups is 1. The Kier molecular flexibility index (Phi) is 5.96. The molecule has 30 heavy (non-hydrogen) atoms. The molecule has 0 saturated carbocycles. The monoisotopic (exact) mass is 427 g/mol. The van der Waals surface area contributed by atoms with E-state index in [1.807, 2.05) is 28.8 Å². The SMILES string of the molecule is O=C(Nc1nc2ccccc2n1CCN1CCCCC1)c1ccc(Cl)c([N+](=O)[O-])c1. The van der Waals surface area contributed by atoms with Gasteiger partial charge in [0.05, 0.1) is 16.0 Å². The summed E-state index contributed by atoms with van der Waals surface area (Å²) in [6.07, 6.45) is 3.70. The lowest BCUT2D eigenvalue weighted by Crippen LogP contribution is -2.32. The molecule has 9 heteroatoms. The van der Waals surface area contributed by atoms with Gasteiger partial charge < -0.3 is 9.47 Å². The van der Waals surface area contributed by atoms with Gasteiger partial charge >= 0.3 is 0 Å². The molecule has 2 heterocycles. The summed E-state index contributed by atoms with van der Waals surface area (Å²) in [5.74, 6) is -0.0416. The predicted molar refractivity (Wildman–Crippen MR) is 116 cm³/mol. The molecule has 0 atom stereocenters. The number of imidazole rings is 1. The summed E-state index contributed by atoms with van der Waals surface area (Å²) >= 11 is 5.86. The van der Waals surface area contributed by atoms with E-state index in [-0.39, 0.29) is 16.3 Å². The van der Waals surface area contributed by atoms with E-state index >= 15 is 0 Å². The molecule has 4 rings (SSSR count). The van der Waals surface area contributed by atoms with Crippen LogP contribution in [-0.2, 0) is 6.54 Å². The quantitative estimate of drug-likeness (QED) is 0.466. The number of para-hydroxylation sites is 2. The number of hydrogen-bond donors (Lipinski definition) is 1. The zero-order valence-electron chi connectivity index (χ0n) is 16.4. The number of nitrogens with one attached hydrogen (secondary N) is 1. The minimum absolute atomic E-state index is 0.00896. The van der Waals surface area contributed by atoms with E-state index < -0.39 is 10.8 Å². The topological polar surface area (TPSA) is 93.3 Å². The van der Waals surface area contributed by atoms with Gasteiger partial charge in [-0.3, -0.25) is 20.2 Å². The second-order valence-electron chi connectivity index (χ2n) is 7.36. The maximum absolute atomic E-state index is 12.8. The lowest BCUT2D eigenvalue weighted by Gasteiger charge is -2.26. The first-order valence-electron chi connectivity index (χ1n) is 9.96. The highest BCUT2D eigenvalue weighted by Crippen LogP contribution is 2.26. The van der Waals surface area contributed by atoms with Crippen molar-refractivity contribution in [1.29, 1.82) is 0 Å². The average Bonchev–Trinajstić information content (AvgIpc) is 3.10. The van der Waals surface area contributed by atoms with Gasteiger partial charge in [-0.1, -0.05) is 30.2 Å². The number of piperidine rings is 1. The fourth-order valence-corrected chi connectivity index (χ4v) is 3.98. The normalized spacial score (nSPS) is 14.7. The number of benzene rings is 2. The van der Waals surface area contributed by atoms with Gasteiger partial charge in [0, 0.05) is 24.7 Å². The van der Waals surface area contributed by atoms with Crippen molar-refractivity contribution in [3.8, 4) is 0 Å². The highest BCUT2D eigenvalue weighted by atomic mass is 35.5. The molecule has 3 aromatic rings. The van der Waals surface area contributed by atoms with Crippen LogP contribution in [0.4, 0.5) is 11.6 Å². The zero-order valence-corrected chi connectivity index (χ0v) is 17.1. The molecule has 1 N–H and O–H groups in total. The van der Waals surface area contributed by atoms with Gasteiger partial charge in [0.2, 0.25) is 5.95 Å². The van der Waals surface area contributed by atoms with Crippen molar-refractivity contribution in [2.24, 2.45) is 0 Å². The Balaban J connectivity index is 1.59. The molecule has 0 radical (unpaired) electrons. The van der Waals surface area contributed by atoms with Gasteiger partial charge in [0.25, 0.3) is 11.6 Å². The second-order valence-corrected chi connectivity index (χ2v) is 7.76. The van der Waals surface area contributed by atoms with Crippen LogP contribution in [0.2, 0.25) is 5.02 Å². The number of carbonyl (C=O) groups is 1. The minimum atomic E-state index is -0.604. The number of rotatable bonds is 6. The van der Waals surface area contributed by atoms with Gasteiger partial charge in [0.1, 0.15) is 5.02 Å². The van der Waals surface area contributed by atoms with Gasteiger partial charge in [-0.2, -0.15) is 0 Å². The van der Waals surface area contributed by atoms with E-state index in [9.17, 15) is 14.9 Å². The number of nitro benzene ring substituents is 1. The first kappa shape index (κ1) is 20.3. The maximum Gasteiger partial charge on any atom is 0.288 e. The van der Waals surface area contributed by atoms with E-state index in [1.165, 1.54) is 37.5 Å². The minimum Gasteiger partial charge on any atom is -0.309 e. The number of carbonyl (C=O) groups excluding carboxylic acids is 1. The Bertz CT molecular complexity index is 1090. The lowest BCUT2D eigenvalue weighted by molar-refractivity contribution is -0.384. The highest BCUT2D eigenvalue weighted by Gasteiger charge is 2.19. The average molecular weight is 428 g/mol. The number of fused-ring (bicyclic) bond motifs is 1. The summed E-state index contributed by atoms with van der Waals surface area (Å²) < 4.78 is 1.99. The molecule has 1 saturated heterocycles. The number of hydrogen-bond acceptors (Lipinski definition) is 5. The van der Waals surface area contributed by atoms with Crippen molar-refractivity contribution < 1.29 is 9.72 Å². The van der Waals surface area contributed by atoms with Gasteiger partial charge in [-0.25, -0.2) is 4.98 Å². The molecule has 1 aromatic heterocycles. The second kappa shape index (κ2) is 8.81. The molecule has 0 spiro atoms. The van der Waals surface area contributed by atoms with Crippen LogP contribution < -0.4 is 5.32 Å². The molecule has 2 aromatic carbocycles. The summed E-state index contributed by atoms with van der Waals surface area (Å²) in [7, 11) is 0. The Hall–Kier alpha value is -2.97. The van der Waals surface area contributed by atoms with Crippen LogP contribution in [-0.4, -0.2) is 44.9 Å². The number of nitrogens with zero attached hydrogens (tertiary/aromatic N) is 4. The van der Waals surface area contributed by atoms with Crippen molar-refractivity contribution in [2.45, 2.75) is 25.8 Å². The first-order chi connectivity index (χ1) is 14.5. The number of amides is 1. The molecular formula is C21H22ClN5O3. The van der Waals surface area contributed by atoms with Crippen LogP contribution in [0.25, 0.3) is 11.0 Å². The molecular weight excluding hydrogens is 406 g/mol. The highest BCUT2D eigenvalue weighted by molar-refractivity contribution is 6.32. The predicted octanol–water partition coefficient (Wildman–Crippen LogP) is 4.34. The smallest absolute Gasteiger partial charge is 0.288 e.